The molecule has 1 aliphatic heterocycles. The van der Waals surface area contributed by atoms with E-state index in [1.165, 1.54) is 6.39 Å². The van der Waals surface area contributed by atoms with Crippen molar-refractivity contribution in [2.45, 2.75) is 64.6 Å². The van der Waals surface area contributed by atoms with E-state index in [-0.39, 0.29) is 24.0 Å². The number of likely N-dealkylation sites (tertiary alicyclic amines) is 1. The summed E-state index contributed by atoms with van der Waals surface area (Å²) in [6.45, 7) is 8.95. The highest BCUT2D eigenvalue weighted by Crippen LogP contribution is 2.35. The number of piperidine rings is 1. The Morgan fingerprint density at radius 2 is 1.87 bits per heavy atom. The second-order valence-electron chi connectivity index (χ2n) is 9.65. The summed E-state index contributed by atoms with van der Waals surface area (Å²) in [5.41, 5.74) is 1.06. The molecule has 0 spiro atoms. The lowest BCUT2D eigenvalue weighted by molar-refractivity contribution is 0.00425. The van der Waals surface area contributed by atoms with Gasteiger partial charge in [-0.05, 0) is 58.1 Å². The number of ether oxygens (including phenoxy) is 1. The Bertz CT molecular complexity index is 913. The van der Waals surface area contributed by atoms with Crippen LogP contribution in [0.3, 0.4) is 0 Å². The molecular formula is C24H31N3O4. The Hall–Kier alpha value is -2.83. The van der Waals surface area contributed by atoms with Crippen molar-refractivity contribution in [3.8, 4) is 11.3 Å². The predicted molar refractivity (Wildman–Crippen MR) is 117 cm³/mol. The monoisotopic (exact) mass is 425 g/mol. The number of aromatic nitrogens is 1. The van der Waals surface area contributed by atoms with Crippen LogP contribution < -0.4 is 0 Å². The molecule has 4 rings (SSSR count). The predicted octanol–water partition coefficient (Wildman–Crippen LogP) is 4.59. The number of benzene rings is 1. The summed E-state index contributed by atoms with van der Waals surface area (Å²) in [5.74, 6) is 0.926. The van der Waals surface area contributed by atoms with Crippen molar-refractivity contribution in [1.29, 1.82) is 0 Å². The molecule has 0 bridgehead atoms. The van der Waals surface area contributed by atoms with Gasteiger partial charge in [0.15, 0.2) is 12.2 Å². The van der Waals surface area contributed by atoms with Crippen molar-refractivity contribution in [1.82, 2.24) is 14.8 Å². The van der Waals surface area contributed by atoms with Gasteiger partial charge in [-0.15, -0.1) is 0 Å². The van der Waals surface area contributed by atoms with Crippen LogP contribution in [0.5, 0.6) is 0 Å². The molecule has 1 saturated carbocycles. The first kappa shape index (κ1) is 21.4. The first-order valence-corrected chi connectivity index (χ1v) is 11.0. The molecule has 2 amide bonds. The van der Waals surface area contributed by atoms with Crippen molar-refractivity contribution in [3.05, 3.63) is 42.4 Å². The van der Waals surface area contributed by atoms with Gasteiger partial charge in [0, 0.05) is 36.3 Å². The second-order valence-corrected chi connectivity index (χ2v) is 9.65. The van der Waals surface area contributed by atoms with E-state index >= 15 is 0 Å². The van der Waals surface area contributed by atoms with Gasteiger partial charge in [0.2, 0.25) is 0 Å². The standard InChI is InChI=1S/C24H31N3O4/c1-16-14-26(23(29)31-24(2,3)4)12-11-20(16)27(19-9-10-19)22(28)18-7-5-17(6-8-18)21-13-25-15-30-21/h5-8,13,15-16,19-20H,9-12,14H2,1-4H3/t16-,20+/m0/s1. The molecule has 0 unspecified atom stereocenters. The van der Waals surface area contributed by atoms with Crippen LogP contribution in [0.15, 0.2) is 41.3 Å². The van der Waals surface area contributed by atoms with Crippen molar-refractivity contribution in [2.75, 3.05) is 13.1 Å². The number of carbonyl (C=O) groups is 2. The summed E-state index contributed by atoms with van der Waals surface area (Å²) in [6, 6.07) is 7.92. The van der Waals surface area contributed by atoms with Gasteiger partial charge >= 0.3 is 6.09 Å². The van der Waals surface area contributed by atoms with Crippen LogP contribution in [0.25, 0.3) is 11.3 Å². The fourth-order valence-corrected chi connectivity index (χ4v) is 4.26. The van der Waals surface area contributed by atoms with Crippen molar-refractivity contribution in [3.63, 3.8) is 0 Å². The second kappa shape index (κ2) is 8.36. The molecule has 31 heavy (non-hydrogen) atoms. The minimum atomic E-state index is -0.509. The van der Waals surface area contributed by atoms with Gasteiger partial charge in [-0.25, -0.2) is 9.78 Å². The number of hydrogen-bond acceptors (Lipinski definition) is 5. The molecule has 7 nitrogen and oxygen atoms in total. The number of hydrogen-bond donors (Lipinski definition) is 0. The Kier molecular flexibility index (Phi) is 5.77. The van der Waals surface area contributed by atoms with Gasteiger partial charge in [0.25, 0.3) is 5.91 Å². The summed E-state index contributed by atoms with van der Waals surface area (Å²) in [4.78, 5) is 33.7. The quantitative estimate of drug-likeness (QED) is 0.716. The zero-order valence-electron chi connectivity index (χ0n) is 18.7. The van der Waals surface area contributed by atoms with Crippen LogP contribution in [0.4, 0.5) is 4.79 Å². The minimum absolute atomic E-state index is 0.0641. The molecule has 1 aliphatic carbocycles. The van der Waals surface area contributed by atoms with Crippen molar-refractivity contribution in [2.24, 2.45) is 5.92 Å². The fourth-order valence-electron chi connectivity index (χ4n) is 4.26. The summed E-state index contributed by atoms with van der Waals surface area (Å²) in [5, 5.41) is 0. The first-order chi connectivity index (χ1) is 14.7. The van der Waals surface area contributed by atoms with Crippen LogP contribution in [0.1, 0.15) is 57.3 Å². The molecule has 0 radical (unpaired) electrons. The highest BCUT2D eigenvalue weighted by Gasteiger charge is 2.42. The molecular weight excluding hydrogens is 394 g/mol. The molecule has 2 heterocycles. The molecule has 1 saturated heterocycles. The van der Waals surface area contributed by atoms with Crippen LogP contribution in [-0.2, 0) is 4.74 Å². The van der Waals surface area contributed by atoms with Crippen LogP contribution in [0.2, 0.25) is 0 Å². The Morgan fingerprint density at radius 1 is 1.16 bits per heavy atom. The van der Waals surface area contributed by atoms with Gasteiger partial charge in [-0.2, -0.15) is 0 Å². The third-order valence-corrected chi connectivity index (χ3v) is 5.89. The fraction of sp³-hybridized carbons (Fsp3) is 0.542. The van der Waals surface area contributed by atoms with E-state index in [4.69, 9.17) is 9.15 Å². The van der Waals surface area contributed by atoms with E-state index in [9.17, 15) is 9.59 Å². The Balaban J connectivity index is 1.45. The smallest absolute Gasteiger partial charge is 0.410 e. The van der Waals surface area contributed by atoms with Crippen LogP contribution >= 0.6 is 0 Å². The number of amides is 2. The third-order valence-electron chi connectivity index (χ3n) is 5.89. The molecule has 0 N–H and O–H groups in total. The van der Waals surface area contributed by atoms with E-state index in [1.54, 1.807) is 11.1 Å². The van der Waals surface area contributed by atoms with Gasteiger partial charge in [-0.1, -0.05) is 19.1 Å². The highest BCUT2D eigenvalue weighted by molar-refractivity contribution is 5.95. The average molecular weight is 426 g/mol. The zero-order chi connectivity index (χ0) is 22.2. The number of rotatable bonds is 4. The van der Waals surface area contributed by atoms with E-state index in [0.717, 1.165) is 24.8 Å². The molecule has 1 aromatic heterocycles. The molecule has 7 heteroatoms. The van der Waals surface area contributed by atoms with Gasteiger partial charge in [-0.3, -0.25) is 4.79 Å². The Morgan fingerprint density at radius 3 is 2.42 bits per heavy atom. The normalized spacial score (nSPS) is 21.6. The molecule has 2 aliphatic rings. The minimum Gasteiger partial charge on any atom is -0.444 e. The zero-order valence-corrected chi connectivity index (χ0v) is 18.7. The lowest BCUT2D eigenvalue weighted by Crippen LogP contribution is -2.54. The molecule has 1 aromatic carbocycles. The van der Waals surface area contributed by atoms with E-state index in [2.05, 4.69) is 16.8 Å². The maximum absolute atomic E-state index is 13.5. The van der Waals surface area contributed by atoms with Crippen molar-refractivity contribution < 1.29 is 18.7 Å². The molecule has 2 aromatic rings. The summed E-state index contributed by atoms with van der Waals surface area (Å²) < 4.78 is 10.9. The van der Waals surface area contributed by atoms with Gasteiger partial charge in [0.05, 0.1) is 6.20 Å². The average Bonchev–Trinajstić information content (AvgIpc) is 3.39. The number of nitrogens with zero attached hydrogens (tertiary/aromatic N) is 3. The van der Waals surface area contributed by atoms with Crippen LogP contribution in [0, 0.1) is 5.92 Å². The lowest BCUT2D eigenvalue weighted by atomic mass is 9.91. The highest BCUT2D eigenvalue weighted by atomic mass is 16.6. The Labute approximate surface area is 183 Å². The number of oxazole rings is 1. The summed E-state index contributed by atoms with van der Waals surface area (Å²) >= 11 is 0. The SMILES string of the molecule is C[C@H]1CN(C(=O)OC(C)(C)C)CC[C@H]1N(C(=O)c1ccc(-c2cnco2)cc1)C1CC1. The third kappa shape index (κ3) is 4.92. The van der Waals surface area contributed by atoms with Crippen molar-refractivity contribution >= 4 is 12.0 Å². The van der Waals surface area contributed by atoms with Gasteiger partial charge < -0.3 is 19.0 Å². The maximum Gasteiger partial charge on any atom is 0.410 e. The van der Waals surface area contributed by atoms with Crippen LogP contribution in [-0.4, -0.2) is 57.6 Å². The summed E-state index contributed by atoms with van der Waals surface area (Å²) in [7, 11) is 0. The van der Waals surface area contributed by atoms with Gasteiger partial charge in [0.1, 0.15) is 5.60 Å². The largest absolute Gasteiger partial charge is 0.444 e. The molecule has 2 atom stereocenters. The van der Waals surface area contributed by atoms with E-state index < -0.39 is 5.60 Å². The lowest BCUT2D eigenvalue weighted by Gasteiger charge is -2.43. The maximum atomic E-state index is 13.5. The van der Waals surface area contributed by atoms with E-state index in [1.807, 2.05) is 45.0 Å². The number of carbonyl (C=O) groups excluding carboxylic acids is 2. The molecule has 2 fully saturated rings. The topological polar surface area (TPSA) is 75.9 Å². The first-order valence-electron chi connectivity index (χ1n) is 11.0. The molecule has 166 valence electrons. The van der Waals surface area contributed by atoms with E-state index in [0.29, 0.717) is 30.5 Å². The summed E-state index contributed by atoms with van der Waals surface area (Å²) in [6.07, 6.45) is 5.63.